The second-order valence-corrected chi connectivity index (χ2v) is 8.38. The molecule has 122 valence electrons. The van der Waals surface area contributed by atoms with Crippen LogP contribution in [0.2, 0.25) is 0 Å². The molecule has 0 spiro atoms. The smallest absolute Gasteiger partial charge is 0.312 e. The minimum absolute atomic E-state index is 0.0551. The fourth-order valence-electron chi connectivity index (χ4n) is 3.56. The number of hydrogen-bond acceptors (Lipinski definition) is 5. The zero-order valence-corrected chi connectivity index (χ0v) is 13.4. The van der Waals surface area contributed by atoms with Crippen molar-refractivity contribution in [1.29, 1.82) is 0 Å². The number of carbonyl (C=O) groups is 1. The molecule has 2 aliphatic rings. The van der Waals surface area contributed by atoms with Crippen LogP contribution in [0, 0.1) is 18.3 Å². The highest BCUT2D eigenvalue weighted by Gasteiger charge is 2.59. The van der Waals surface area contributed by atoms with E-state index in [1.807, 2.05) is 11.8 Å². The van der Waals surface area contributed by atoms with Gasteiger partial charge in [-0.3, -0.25) is 9.69 Å². The topological polar surface area (TPSA) is 107 Å². The number of aliphatic carboxylic acids is 1. The van der Waals surface area contributed by atoms with Crippen molar-refractivity contribution in [1.82, 2.24) is 19.2 Å². The fraction of sp³-hybridized carbons (Fsp3) is 0.692. The van der Waals surface area contributed by atoms with Crippen LogP contribution in [0.5, 0.6) is 0 Å². The van der Waals surface area contributed by atoms with Gasteiger partial charge in [-0.05, 0) is 6.92 Å². The summed E-state index contributed by atoms with van der Waals surface area (Å²) in [7, 11) is -3.36. The van der Waals surface area contributed by atoms with E-state index in [9.17, 15) is 18.3 Å². The average Bonchev–Trinajstić information content (AvgIpc) is 3.01. The van der Waals surface area contributed by atoms with Crippen LogP contribution in [-0.2, 0) is 21.4 Å². The first-order valence-electron chi connectivity index (χ1n) is 7.12. The molecule has 0 aliphatic carbocycles. The maximum absolute atomic E-state index is 11.8. The van der Waals surface area contributed by atoms with Gasteiger partial charge < -0.3 is 10.1 Å². The predicted molar refractivity (Wildman–Crippen MR) is 78.6 cm³/mol. The minimum atomic E-state index is -3.36. The summed E-state index contributed by atoms with van der Waals surface area (Å²) in [6.07, 6.45) is 2.87. The maximum Gasteiger partial charge on any atom is 0.312 e. The van der Waals surface area contributed by atoms with Crippen molar-refractivity contribution in [3.8, 4) is 0 Å². The first kappa shape index (κ1) is 15.4. The lowest BCUT2D eigenvalue weighted by molar-refractivity contribution is -0.148. The minimum Gasteiger partial charge on any atom is -0.481 e. The Morgan fingerprint density at radius 1 is 1.50 bits per heavy atom. The molecule has 0 radical (unpaired) electrons. The van der Waals surface area contributed by atoms with Crippen LogP contribution >= 0.6 is 0 Å². The summed E-state index contributed by atoms with van der Waals surface area (Å²) >= 11 is 0. The normalized spacial score (nSPS) is 29.8. The molecule has 1 aromatic heterocycles. The molecule has 2 fully saturated rings. The van der Waals surface area contributed by atoms with Gasteiger partial charge in [0.2, 0.25) is 10.0 Å². The number of rotatable bonds is 4. The molecular formula is C13H20N4O4S. The molecule has 0 bridgehead atoms. The lowest BCUT2D eigenvalue weighted by Crippen LogP contribution is -2.41. The Kier molecular flexibility index (Phi) is 3.54. The molecule has 2 saturated heterocycles. The van der Waals surface area contributed by atoms with Crippen molar-refractivity contribution < 1.29 is 18.3 Å². The third kappa shape index (κ3) is 2.53. The van der Waals surface area contributed by atoms with E-state index in [-0.39, 0.29) is 19.0 Å². The number of aromatic amines is 1. The second kappa shape index (κ2) is 5.04. The van der Waals surface area contributed by atoms with Crippen LogP contribution in [0.15, 0.2) is 6.20 Å². The van der Waals surface area contributed by atoms with E-state index in [0.29, 0.717) is 19.6 Å². The summed E-state index contributed by atoms with van der Waals surface area (Å²) in [5.41, 5.74) is -0.0457. The van der Waals surface area contributed by atoms with Gasteiger partial charge in [-0.25, -0.2) is 17.7 Å². The van der Waals surface area contributed by atoms with Gasteiger partial charge in [0, 0.05) is 44.0 Å². The van der Waals surface area contributed by atoms with Crippen molar-refractivity contribution >= 4 is 16.0 Å². The monoisotopic (exact) mass is 328 g/mol. The van der Waals surface area contributed by atoms with Gasteiger partial charge in [0.25, 0.3) is 0 Å². The number of nitrogens with zero attached hydrogens (tertiary/aromatic N) is 3. The standard InChI is InChI=1S/C13H20N4O4S/c1-9-3-14-11(15-9)6-16-4-10-5-17(22(2,20)21)8-13(10,7-16)12(18)19/h3,10H,4-8H2,1-2H3,(H,14,15)(H,18,19)/t10-,13-/m0/s1. The Hall–Kier alpha value is -1.45. The summed E-state index contributed by atoms with van der Waals surface area (Å²) in [5, 5.41) is 9.67. The lowest BCUT2D eigenvalue weighted by Gasteiger charge is -2.24. The van der Waals surface area contributed by atoms with Gasteiger partial charge in [-0.2, -0.15) is 0 Å². The largest absolute Gasteiger partial charge is 0.481 e. The van der Waals surface area contributed by atoms with Crippen molar-refractivity contribution in [2.75, 3.05) is 32.4 Å². The van der Waals surface area contributed by atoms with Crippen LogP contribution in [0.3, 0.4) is 0 Å². The number of sulfonamides is 1. The quantitative estimate of drug-likeness (QED) is 0.771. The van der Waals surface area contributed by atoms with E-state index in [4.69, 9.17) is 0 Å². The van der Waals surface area contributed by atoms with E-state index in [1.165, 1.54) is 4.31 Å². The van der Waals surface area contributed by atoms with Gasteiger partial charge >= 0.3 is 5.97 Å². The molecule has 0 amide bonds. The fourth-order valence-corrected chi connectivity index (χ4v) is 4.47. The Balaban J connectivity index is 1.78. The van der Waals surface area contributed by atoms with Gasteiger partial charge in [0.05, 0.1) is 18.2 Å². The second-order valence-electron chi connectivity index (χ2n) is 6.40. The first-order chi connectivity index (χ1) is 10.2. The number of hydrogen-bond donors (Lipinski definition) is 2. The van der Waals surface area contributed by atoms with E-state index >= 15 is 0 Å². The maximum atomic E-state index is 11.8. The molecule has 9 heteroatoms. The molecule has 8 nitrogen and oxygen atoms in total. The predicted octanol–water partition coefficient (Wildman–Crippen LogP) is -0.504. The van der Waals surface area contributed by atoms with Gasteiger partial charge in [0.15, 0.2) is 0 Å². The third-order valence-corrected chi connectivity index (χ3v) is 5.89. The number of carboxylic acid groups (broad SMARTS) is 1. The summed E-state index contributed by atoms with van der Waals surface area (Å²) in [5.74, 6) is -0.296. The van der Waals surface area contributed by atoms with E-state index in [1.54, 1.807) is 6.20 Å². The molecule has 3 heterocycles. The molecule has 1 aromatic rings. The Morgan fingerprint density at radius 2 is 2.23 bits per heavy atom. The Bertz CT molecular complexity index is 701. The molecule has 2 N–H and O–H groups in total. The molecule has 0 unspecified atom stereocenters. The number of aromatic nitrogens is 2. The number of H-pyrrole nitrogens is 1. The van der Waals surface area contributed by atoms with Crippen molar-refractivity contribution in [2.45, 2.75) is 13.5 Å². The summed E-state index contributed by atoms with van der Waals surface area (Å²) in [6, 6.07) is 0. The summed E-state index contributed by atoms with van der Waals surface area (Å²) in [4.78, 5) is 21.2. The van der Waals surface area contributed by atoms with Crippen molar-refractivity contribution in [3.63, 3.8) is 0 Å². The van der Waals surface area contributed by atoms with Crippen molar-refractivity contribution in [3.05, 3.63) is 17.7 Å². The molecule has 0 aromatic carbocycles. The van der Waals surface area contributed by atoms with Crippen LogP contribution in [0.25, 0.3) is 0 Å². The van der Waals surface area contributed by atoms with Crippen LogP contribution < -0.4 is 0 Å². The number of imidazole rings is 1. The van der Waals surface area contributed by atoms with Crippen LogP contribution in [-0.4, -0.2) is 71.1 Å². The number of fused-ring (bicyclic) bond motifs is 1. The Morgan fingerprint density at radius 3 is 2.73 bits per heavy atom. The molecule has 3 rings (SSSR count). The third-order valence-electron chi connectivity index (χ3n) is 4.67. The molecule has 22 heavy (non-hydrogen) atoms. The first-order valence-corrected chi connectivity index (χ1v) is 8.97. The lowest BCUT2D eigenvalue weighted by atomic mass is 9.81. The number of carboxylic acids is 1. The summed E-state index contributed by atoms with van der Waals surface area (Å²) in [6.45, 7) is 3.71. The molecular weight excluding hydrogens is 308 g/mol. The zero-order chi connectivity index (χ0) is 16.1. The van der Waals surface area contributed by atoms with Gasteiger partial charge in [-0.1, -0.05) is 0 Å². The molecule has 0 saturated carbocycles. The number of nitrogens with one attached hydrogen (secondary N) is 1. The van der Waals surface area contributed by atoms with Gasteiger partial charge in [-0.15, -0.1) is 0 Å². The SMILES string of the molecule is Cc1cnc(CN2C[C@H]3CN(S(C)(=O)=O)C[C@@]3(C(=O)O)C2)[nH]1. The Labute approximate surface area is 129 Å². The summed E-state index contributed by atoms with van der Waals surface area (Å²) < 4.78 is 24.7. The van der Waals surface area contributed by atoms with Crippen LogP contribution in [0.4, 0.5) is 0 Å². The van der Waals surface area contributed by atoms with Gasteiger partial charge in [0.1, 0.15) is 5.82 Å². The van der Waals surface area contributed by atoms with E-state index in [0.717, 1.165) is 17.8 Å². The molecule has 2 aliphatic heterocycles. The highest BCUT2D eigenvalue weighted by molar-refractivity contribution is 7.88. The highest BCUT2D eigenvalue weighted by Crippen LogP contribution is 2.43. The number of likely N-dealkylation sites (tertiary alicyclic amines) is 1. The van der Waals surface area contributed by atoms with Crippen LogP contribution in [0.1, 0.15) is 11.5 Å². The average molecular weight is 328 g/mol. The van der Waals surface area contributed by atoms with E-state index in [2.05, 4.69) is 9.97 Å². The zero-order valence-electron chi connectivity index (χ0n) is 12.6. The number of aryl methyl sites for hydroxylation is 1. The van der Waals surface area contributed by atoms with E-state index < -0.39 is 21.4 Å². The van der Waals surface area contributed by atoms with Crippen molar-refractivity contribution in [2.24, 2.45) is 11.3 Å². The highest BCUT2D eigenvalue weighted by atomic mass is 32.2. The molecule has 2 atom stereocenters.